The van der Waals surface area contributed by atoms with Crippen LogP contribution in [0.5, 0.6) is 0 Å². The van der Waals surface area contributed by atoms with Gasteiger partial charge in [0.05, 0.1) is 0 Å². The van der Waals surface area contributed by atoms with E-state index in [9.17, 15) is 0 Å². The molecule has 0 amide bonds. The second-order valence-electron chi connectivity index (χ2n) is 0. The summed E-state index contributed by atoms with van der Waals surface area (Å²) in [6, 6.07) is 0. The number of rotatable bonds is 0. The van der Waals surface area contributed by atoms with Crippen molar-refractivity contribution < 1.29 is 37.6 Å². The van der Waals surface area contributed by atoms with Crippen molar-refractivity contribution in [3.63, 3.8) is 0 Å². The summed E-state index contributed by atoms with van der Waals surface area (Å²) in [5.41, 5.74) is 0. The molecule has 30 valence electrons. The molecule has 0 saturated carbocycles. The topological polar surface area (TPSA) is 0 Å². The van der Waals surface area contributed by atoms with Crippen LogP contribution in [0.15, 0.2) is 0 Å². The Morgan fingerprint density at radius 3 is 1.00 bits per heavy atom. The molecule has 0 bridgehead atoms. The van der Waals surface area contributed by atoms with Crippen LogP contribution in [-0.4, -0.2) is 27.3 Å². The van der Waals surface area contributed by atoms with Gasteiger partial charge in [0.2, 0.25) is 0 Å². The van der Waals surface area contributed by atoms with Crippen LogP contribution in [0.4, 0.5) is 0 Å². The Hall–Kier alpha value is 2.45. The second-order valence-corrected chi connectivity index (χ2v) is 0. The molecule has 0 aromatic carbocycles. The molecular weight excluding hydrogens is 394 g/mol. The fraction of sp³-hybridized carbons (Fsp3) is 0. The van der Waals surface area contributed by atoms with E-state index >= 15 is 0 Å². The number of hydrogen-bond acceptors (Lipinski definition) is 0. The zero-order valence-corrected chi connectivity index (χ0v) is 11.4. The number of hydrogen-bond donors (Lipinski definition) is 0. The van der Waals surface area contributed by atoms with Crippen LogP contribution in [-0.2, 0) is 37.6 Å². The van der Waals surface area contributed by atoms with Crippen LogP contribution in [0.3, 0.4) is 0 Å². The van der Waals surface area contributed by atoms with Crippen LogP contribution in [0.1, 0.15) is 0 Å². The molecule has 0 nitrogen and oxygen atoms in total. The Kier molecular flexibility index (Phi) is 143. The maximum atomic E-state index is 0. The Morgan fingerprint density at radius 1 is 1.00 bits per heavy atom. The Labute approximate surface area is 77.3 Å². The average Bonchev–Trinajstić information content (AvgIpc) is 0. The van der Waals surface area contributed by atoms with Crippen molar-refractivity contribution in [3.05, 3.63) is 0 Å². The molecule has 0 aliphatic rings. The molecule has 0 aliphatic carbocycles. The SMILES string of the molecule is S.[Mo].[Ni].[PbH2]. The van der Waals surface area contributed by atoms with Gasteiger partial charge in [0.15, 0.2) is 0 Å². The fourth-order valence-corrected chi connectivity index (χ4v) is 0. The molecule has 0 aromatic heterocycles. The van der Waals surface area contributed by atoms with E-state index in [2.05, 4.69) is 0 Å². The van der Waals surface area contributed by atoms with Gasteiger partial charge in [0.1, 0.15) is 0 Å². The zero-order chi connectivity index (χ0) is 0. The molecule has 0 rings (SSSR count). The Morgan fingerprint density at radius 2 is 1.00 bits per heavy atom. The van der Waals surface area contributed by atoms with E-state index in [4.69, 9.17) is 0 Å². The van der Waals surface area contributed by atoms with Crippen LogP contribution >= 0.6 is 13.5 Å². The van der Waals surface area contributed by atoms with Crippen molar-refractivity contribution in [2.24, 2.45) is 0 Å². The third-order valence-corrected chi connectivity index (χ3v) is 0. The third-order valence-electron chi connectivity index (χ3n) is 0. The third kappa shape index (κ3) is 8.82. The van der Waals surface area contributed by atoms with Gasteiger partial charge < -0.3 is 0 Å². The zero-order valence-electron chi connectivity index (χ0n) is 1.93. The minimum absolute atomic E-state index is 0. The Bertz CT molecular complexity index is 8.00. The molecule has 0 atom stereocenters. The predicted molar refractivity (Wildman–Crippen MR) is 18.9 cm³/mol. The van der Waals surface area contributed by atoms with Gasteiger partial charge in [-0.15, -0.1) is 0 Å². The first-order chi connectivity index (χ1) is 0. The first-order valence-electron chi connectivity index (χ1n) is 0. The molecule has 0 N–H and O–H groups in total. The van der Waals surface area contributed by atoms with Gasteiger partial charge in [0, 0.05) is 37.6 Å². The minimum atomic E-state index is 0. The van der Waals surface area contributed by atoms with Crippen LogP contribution in [0.25, 0.3) is 0 Å². The predicted octanol–water partition coefficient (Wildman–Crippen LogP) is -0.808. The summed E-state index contributed by atoms with van der Waals surface area (Å²) in [6.45, 7) is 0. The van der Waals surface area contributed by atoms with Crippen LogP contribution in [0.2, 0.25) is 0 Å². The van der Waals surface area contributed by atoms with E-state index in [0.29, 0.717) is 0 Å². The summed E-state index contributed by atoms with van der Waals surface area (Å²) >= 11 is 0. The van der Waals surface area contributed by atoms with Gasteiger partial charge in [-0.3, -0.25) is 0 Å². The van der Waals surface area contributed by atoms with Crippen molar-refractivity contribution in [2.75, 3.05) is 0 Å². The van der Waals surface area contributed by atoms with Gasteiger partial charge >= 0.3 is 27.3 Å². The summed E-state index contributed by atoms with van der Waals surface area (Å²) in [5, 5.41) is 0. The van der Waals surface area contributed by atoms with E-state index in [-0.39, 0.29) is 78.4 Å². The summed E-state index contributed by atoms with van der Waals surface area (Å²) in [6.07, 6.45) is 0. The molecular formula is H4MoNiPbS. The second kappa shape index (κ2) is 18.0. The summed E-state index contributed by atoms with van der Waals surface area (Å²) in [4.78, 5) is 0. The van der Waals surface area contributed by atoms with Gasteiger partial charge in [-0.25, -0.2) is 0 Å². The first-order valence-corrected chi connectivity index (χ1v) is 0. The van der Waals surface area contributed by atoms with E-state index in [1.165, 1.54) is 0 Å². The molecule has 0 aliphatic heterocycles. The molecule has 4 heteroatoms. The van der Waals surface area contributed by atoms with Crippen LogP contribution in [0, 0.1) is 0 Å². The molecule has 2 radical (unpaired) electrons. The first kappa shape index (κ1) is 31.9. The van der Waals surface area contributed by atoms with Gasteiger partial charge in [-0.2, -0.15) is 13.5 Å². The molecule has 0 saturated heterocycles. The maximum absolute atomic E-state index is 0. The van der Waals surface area contributed by atoms with E-state index in [0.717, 1.165) is 0 Å². The fourth-order valence-electron chi connectivity index (χ4n) is 0. The van der Waals surface area contributed by atoms with Crippen molar-refractivity contribution in [2.45, 2.75) is 0 Å². The Balaban J connectivity index is 0. The quantitative estimate of drug-likeness (QED) is 0.469. The molecule has 0 aromatic rings. The molecule has 0 fully saturated rings. The molecule has 0 heterocycles. The van der Waals surface area contributed by atoms with Crippen molar-refractivity contribution in [1.29, 1.82) is 0 Å². The van der Waals surface area contributed by atoms with Gasteiger partial charge in [-0.1, -0.05) is 0 Å². The van der Waals surface area contributed by atoms with Crippen molar-refractivity contribution in [3.8, 4) is 0 Å². The van der Waals surface area contributed by atoms with Gasteiger partial charge in [-0.05, 0) is 0 Å². The van der Waals surface area contributed by atoms with E-state index in [1.807, 2.05) is 0 Å². The van der Waals surface area contributed by atoms with Crippen molar-refractivity contribution >= 4 is 40.8 Å². The monoisotopic (exact) mass is 400 g/mol. The summed E-state index contributed by atoms with van der Waals surface area (Å²) in [7, 11) is 0. The average molecular weight is 398 g/mol. The van der Waals surface area contributed by atoms with E-state index in [1.54, 1.807) is 0 Å². The molecule has 0 unspecified atom stereocenters. The van der Waals surface area contributed by atoms with Gasteiger partial charge in [0.25, 0.3) is 0 Å². The summed E-state index contributed by atoms with van der Waals surface area (Å²) in [5.74, 6) is 0. The normalized spacial score (nSPS) is 0. The summed E-state index contributed by atoms with van der Waals surface area (Å²) < 4.78 is 0. The molecule has 4 heavy (non-hydrogen) atoms. The van der Waals surface area contributed by atoms with Crippen molar-refractivity contribution in [1.82, 2.24) is 0 Å². The standard InChI is InChI=1S/Mo.Ni.Pb.H2S.2H/h;;;1H2;;. The van der Waals surface area contributed by atoms with E-state index < -0.39 is 0 Å². The van der Waals surface area contributed by atoms with Crippen LogP contribution < -0.4 is 0 Å². The molecule has 0 spiro atoms.